The van der Waals surface area contributed by atoms with Crippen LogP contribution < -0.4 is 0 Å². The predicted molar refractivity (Wildman–Crippen MR) is 67.1 cm³/mol. The van der Waals surface area contributed by atoms with Crippen molar-refractivity contribution in [2.75, 3.05) is 0 Å². The van der Waals surface area contributed by atoms with E-state index in [1.54, 1.807) is 0 Å². The molecule has 0 aliphatic rings. The molecule has 0 saturated heterocycles. The molecule has 14 heavy (non-hydrogen) atoms. The minimum absolute atomic E-state index is 0.257. The van der Waals surface area contributed by atoms with Crippen molar-refractivity contribution in [1.82, 2.24) is 0 Å². The van der Waals surface area contributed by atoms with Gasteiger partial charge in [0.25, 0.3) is 0 Å². The van der Waals surface area contributed by atoms with Crippen LogP contribution in [-0.2, 0) is 16.1 Å². The average Bonchev–Trinajstić information content (AvgIpc) is 2.13. The quantitative estimate of drug-likeness (QED) is 0.590. The molecule has 0 N–H and O–H groups in total. The lowest BCUT2D eigenvalue weighted by atomic mass is 10.2. The number of benzene rings is 1. The van der Waals surface area contributed by atoms with Gasteiger partial charge < -0.3 is 4.74 Å². The van der Waals surface area contributed by atoms with E-state index in [9.17, 15) is 4.79 Å². The largest absolute Gasteiger partial charge is 0.461 e. The lowest BCUT2D eigenvalue weighted by Gasteiger charge is -2.08. The fourth-order valence-corrected chi connectivity index (χ4v) is 2.06. The molecule has 0 fully saturated rings. The number of ether oxygens (including phenoxy) is 1. The van der Waals surface area contributed by atoms with E-state index in [1.165, 1.54) is 12.5 Å². The first kappa shape index (κ1) is 12.0. The van der Waals surface area contributed by atoms with Crippen LogP contribution >= 0.6 is 38.5 Å². The zero-order valence-electron chi connectivity index (χ0n) is 7.93. The van der Waals surface area contributed by atoms with Gasteiger partial charge in [-0.05, 0) is 51.0 Å². The Kier molecular flexibility index (Phi) is 4.37. The van der Waals surface area contributed by atoms with Gasteiger partial charge in [-0.1, -0.05) is 12.1 Å². The van der Waals surface area contributed by atoms with Crippen LogP contribution in [0.1, 0.15) is 18.1 Å². The first-order valence-corrected chi connectivity index (χ1v) is 5.96. The summed E-state index contributed by atoms with van der Waals surface area (Å²) >= 11 is 5.75. The Balaban J connectivity index is 2.88. The van der Waals surface area contributed by atoms with E-state index in [0.29, 0.717) is 6.61 Å². The van der Waals surface area contributed by atoms with Gasteiger partial charge in [-0.15, -0.1) is 0 Å². The second kappa shape index (κ2) is 5.11. The Labute approximate surface area is 105 Å². The number of hydrogen-bond acceptors (Lipinski definition) is 2. The normalized spacial score (nSPS) is 10.0. The maximum absolute atomic E-state index is 10.6. The van der Waals surface area contributed by atoms with Crippen LogP contribution in [0.2, 0.25) is 0 Å². The summed E-state index contributed by atoms with van der Waals surface area (Å²) in [6.45, 7) is 3.78. The minimum atomic E-state index is -0.257. The highest BCUT2D eigenvalue weighted by Crippen LogP contribution is 2.26. The van der Waals surface area contributed by atoms with Crippen molar-refractivity contribution in [3.8, 4) is 0 Å². The fraction of sp³-hybridized carbons (Fsp3) is 0.300. The number of rotatable bonds is 2. The Morgan fingerprint density at radius 2 is 2.21 bits per heavy atom. The van der Waals surface area contributed by atoms with Crippen LogP contribution in [0.25, 0.3) is 0 Å². The maximum atomic E-state index is 10.6. The van der Waals surface area contributed by atoms with Gasteiger partial charge in [0.05, 0.1) is 0 Å². The molecule has 0 spiro atoms. The molecule has 0 aromatic heterocycles. The van der Waals surface area contributed by atoms with Crippen molar-refractivity contribution in [2.24, 2.45) is 0 Å². The molecule has 4 heteroatoms. The number of esters is 1. The summed E-state index contributed by atoms with van der Waals surface area (Å²) in [5.74, 6) is -0.257. The Morgan fingerprint density at radius 1 is 1.57 bits per heavy atom. The third-order valence-corrected chi connectivity index (χ3v) is 4.82. The van der Waals surface area contributed by atoms with Crippen LogP contribution in [-0.4, -0.2) is 5.97 Å². The van der Waals surface area contributed by atoms with Gasteiger partial charge in [-0.25, -0.2) is 0 Å². The number of aryl methyl sites for hydroxylation is 1. The standard InChI is InChI=1S/C10H10BrIO2/c1-6-3-4-8(5-14-7(2)13)9(11)10(6)12/h3-4H,5H2,1-2H3. The summed E-state index contributed by atoms with van der Waals surface area (Å²) in [6.07, 6.45) is 0. The molecule has 1 rings (SSSR count). The van der Waals surface area contributed by atoms with Gasteiger partial charge >= 0.3 is 5.97 Å². The summed E-state index contributed by atoms with van der Waals surface area (Å²) in [5, 5.41) is 0. The average molecular weight is 369 g/mol. The molecule has 0 saturated carbocycles. The molecule has 0 radical (unpaired) electrons. The second-order valence-electron chi connectivity index (χ2n) is 2.95. The molecule has 76 valence electrons. The molecule has 2 nitrogen and oxygen atoms in total. The third-order valence-electron chi connectivity index (χ3n) is 1.79. The summed E-state index contributed by atoms with van der Waals surface area (Å²) < 4.78 is 7.10. The van der Waals surface area contributed by atoms with Crippen LogP contribution in [0, 0.1) is 10.5 Å². The summed E-state index contributed by atoms with van der Waals surface area (Å²) in [7, 11) is 0. The highest BCUT2D eigenvalue weighted by atomic mass is 127. The molecule has 0 atom stereocenters. The first-order chi connectivity index (χ1) is 6.52. The van der Waals surface area contributed by atoms with Crippen molar-refractivity contribution in [1.29, 1.82) is 0 Å². The Morgan fingerprint density at radius 3 is 2.79 bits per heavy atom. The number of carbonyl (C=O) groups excluding carboxylic acids is 1. The van der Waals surface area contributed by atoms with Crippen molar-refractivity contribution < 1.29 is 9.53 Å². The van der Waals surface area contributed by atoms with E-state index < -0.39 is 0 Å². The Hall–Kier alpha value is -0.100. The molecule has 0 amide bonds. The summed E-state index contributed by atoms with van der Waals surface area (Å²) in [4.78, 5) is 10.6. The molecule has 0 unspecified atom stereocenters. The molecule has 1 aromatic carbocycles. The molecule has 0 aliphatic carbocycles. The van der Waals surface area contributed by atoms with Crippen LogP contribution in [0.15, 0.2) is 16.6 Å². The van der Waals surface area contributed by atoms with Gasteiger partial charge in [0.15, 0.2) is 0 Å². The van der Waals surface area contributed by atoms with Crippen molar-refractivity contribution in [3.05, 3.63) is 31.3 Å². The zero-order valence-corrected chi connectivity index (χ0v) is 11.7. The number of hydrogen-bond donors (Lipinski definition) is 0. The monoisotopic (exact) mass is 368 g/mol. The van der Waals surface area contributed by atoms with Crippen LogP contribution in [0.3, 0.4) is 0 Å². The number of halogens is 2. The Bertz CT molecular complexity index is 363. The summed E-state index contributed by atoms with van der Waals surface area (Å²) in [6, 6.07) is 3.98. The number of carbonyl (C=O) groups is 1. The van der Waals surface area contributed by atoms with Gasteiger partial charge in [0.1, 0.15) is 6.61 Å². The van der Waals surface area contributed by atoms with Crippen molar-refractivity contribution in [3.63, 3.8) is 0 Å². The zero-order chi connectivity index (χ0) is 10.7. The maximum Gasteiger partial charge on any atom is 0.302 e. The lowest BCUT2D eigenvalue weighted by Crippen LogP contribution is -2.00. The second-order valence-corrected chi connectivity index (χ2v) is 4.82. The molecule has 0 bridgehead atoms. The van der Waals surface area contributed by atoms with E-state index in [-0.39, 0.29) is 5.97 Å². The summed E-state index contributed by atoms with van der Waals surface area (Å²) in [5.41, 5.74) is 2.21. The van der Waals surface area contributed by atoms with Crippen LogP contribution in [0.5, 0.6) is 0 Å². The van der Waals surface area contributed by atoms with E-state index >= 15 is 0 Å². The first-order valence-electron chi connectivity index (χ1n) is 4.09. The molecule has 1 aromatic rings. The van der Waals surface area contributed by atoms with E-state index in [4.69, 9.17) is 4.74 Å². The van der Waals surface area contributed by atoms with E-state index in [0.717, 1.165) is 13.6 Å². The van der Waals surface area contributed by atoms with Crippen molar-refractivity contribution >= 4 is 44.5 Å². The smallest absolute Gasteiger partial charge is 0.302 e. The van der Waals surface area contributed by atoms with Crippen LogP contribution in [0.4, 0.5) is 0 Å². The molecular formula is C10H10BrIO2. The van der Waals surface area contributed by atoms with Crippen molar-refractivity contribution in [2.45, 2.75) is 20.5 Å². The van der Waals surface area contributed by atoms with Gasteiger partial charge in [0.2, 0.25) is 0 Å². The highest BCUT2D eigenvalue weighted by Gasteiger charge is 2.07. The molecule has 0 heterocycles. The van der Waals surface area contributed by atoms with Gasteiger partial charge in [-0.2, -0.15) is 0 Å². The SMILES string of the molecule is CC(=O)OCc1ccc(C)c(I)c1Br. The highest BCUT2D eigenvalue weighted by molar-refractivity contribution is 14.1. The predicted octanol–water partition coefficient (Wildman–Crippen LogP) is 3.43. The van der Waals surface area contributed by atoms with E-state index in [2.05, 4.69) is 38.5 Å². The van der Waals surface area contributed by atoms with E-state index in [1.807, 2.05) is 19.1 Å². The lowest BCUT2D eigenvalue weighted by molar-refractivity contribution is -0.142. The minimum Gasteiger partial charge on any atom is -0.461 e. The third kappa shape index (κ3) is 2.95. The van der Waals surface area contributed by atoms with Gasteiger partial charge in [-0.3, -0.25) is 4.79 Å². The van der Waals surface area contributed by atoms with Gasteiger partial charge in [0, 0.05) is 20.5 Å². The fourth-order valence-electron chi connectivity index (χ4n) is 0.977. The molecule has 0 aliphatic heterocycles. The molecular weight excluding hydrogens is 359 g/mol. The topological polar surface area (TPSA) is 26.3 Å².